The summed E-state index contributed by atoms with van der Waals surface area (Å²) in [5, 5.41) is 5.77. The van der Waals surface area contributed by atoms with E-state index in [4.69, 9.17) is 10.5 Å². The summed E-state index contributed by atoms with van der Waals surface area (Å²) in [6.45, 7) is 9.75. The third kappa shape index (κ3) is 9.34. The van der Waals surface area contributed by atoms with Crippen molar-refractivity contribution in [2.75, 3.05) is 20.2 Å². The molecular weight excluding hydrogens is 576 g/mol. The van der Waals surface area contributed by atoms with Crippen LogP contribution in [-0.4, -0.2) is 54.9 Å². The number of methoxy groups -OCH3 is 1. The van der Waals surface area contributed by atoms with E-state index in [9.17, 15) is 14.4 Å². The molecule has 8 heteroatoms. The van der Waals surface area contributed by atoms with Crippen LogP contribution in [0.4, 0.5) is 0 Å². The van der Waals surface area contributed by atoms with Crippen molar-refractivity contribution in [2.24, 2.45) is 23.0 Å². The molecule has 2 fully saturated rings. The number of nitrogens with zero attached hydrogens (tertiary/aromatic N) is 1. The van der Waals surface area contributed by atoms with Crippen molar-refractivity contribution < 1.29 is 19.1 Å². The molecule has 0 radical (unpaired) electrons. The first-order chi connectivity index (χ1) is 21.9. The van der Waals surface area contributed by atoms with Crippen LogP contribution in [0.5, 0.6) is 5.75 Å². The minimum Gasteiger partial charge on any atom is -0.497 e. The molecule has 3 atom stereocenters. The Morgan fingerprint density at radius 2 is 1.67 bits per heavy atom. The number of rotatable bonds is 8. The van der Waals surface area contributed by atoms with Gasteiger partial charge in [-0.1, -0.05) is 62.6 Å². The Labute approximate surface area is 276 Å². The quantitative estimate of drug-likeness (QED) is 0.322. The Hall–Kier alpha value is -3.39. The van der Waals surface area contributed by atoms with Crippen molar-refractivity contribution in [3.05, 3.63) is 65.2 Å². The van der Waals surface area contributed by atoms with Gasteiger partial charge in [0, 0.05) is 31.1 Å². The Morgan fingerprint density at radius 3 is 2.26 bits per heavy atom. The molecule has 4 N–H and O–H groups in total. The number of hydrogen-bond donors (Lipinski definition) is 3. The van der Waals surface area contributed by atoms with Gasteiger partial charge in [-0.15, -0.1) is 0 Å². The van der Waals surface area contributed by atoms with E-state index in [0.29, 0.717) is 24.7 Å². The minimum absolute atomic E-state index is 0.0228. The van der Waals surface area contributed by atoms with Crippen LogP contribution in [0.25, 0.3) is 0 Å². The maximum Gasteiger partial charge on any atom is 0.245 e. The predicted molar refractivity (Wildman–Crippen MR) is 183 cm³/mol. The molecule has 1 aliphatic heterocycles. The number of fused-ring (bicyclic) bond motifs is 1. The predicted octanol–water partition coefficient (Wildman–Crippen LogP) is 5.72. The van der Waals surface area contributed by atoms with Crippen LogP contribution in [0.1, 0.15) is 102 Å². The second-order valence-electron chi connectivity index (χ2n) is 14.8. The van der Waals surface area contributed by atoms with Gasteiger partial charge in [-0.25, -0.2) is 0 Å². The van der Waals surface area contributed by atoms with Gasteiger partial charge in [-0.2, -0.15) is 0 Å². The Balaban J connectivity index is 0.000000617. The number of aryl methyl sites for hydroxylation is 1. The lowest BCUT2D eigenvalue weighted by Crippen LogP contribution is -2.55. The minimum atomic E-state index is -0.616. The zero-order chi connectivity index (χ0) is 33.3. The molecule has 1 saturated heterocycles. The van der Waals surface area contributed by atoms with Crippen LogP contribution in [0, 0.1) is 17.3 Å². The highest BCUT2D eigenvalue weighted by Crippen LogP contribution is 2.45. The lowest BCUT2D eigenvalue weighted by atomic mass is 9.65. The van der Waals surface area contributed by atoms with E-state index in [-0.39, 0.29) is 29.3 Å². The SMILES string of the molecule is CC(C)(C)NC=O.COc1ccc(CC(NC(=O)C2CCc3ccccc3C2N)C(=O)N2CCC(C)(C3CCCCC3)CC2)cc1. The van der Waals surface area contributed by atoms with Gasteiger partial charge in [0.25, 0.3) is 0 Å². The van der Waals surface area contributed by atoms with E-state index in [1.165, 1.54) is 37.7 Å². The summed E-state index contributed by atoms with van der Waals surface area (Å²) in [5.74, 6) is 1.11. The lowest BCUT2D eigenvalue weighted by Gasteiger charge is -2.46. The first kappa shape index (κ1) is 35.5. The monoisotopic (exact) mass is 632 g/mol. The summed E-state index contributed by atoms with van der Waals surface area (Å²) in [7, 11) is 1.64. The number of nitrogens with two attached hydrogens (primary N) is 1. The van der Waals surface area contributed by atoms with Gasteiger partial charge in [0.2, 0.25) is 18.2 Å². The Bertz CT molecular complexity index is 1290. The van der Waals surface area contributed by atoms with Gasteiger partial charge >= 0.3 is 0 Å². The fourth-order valence-corrected chi connectivity index (χ4v) is 7.41. The normalized spacial score (nSPS) is 21.9. The lowest BCUT2D eigenvalue weighted by molar-refractivity contribution is -0.140. The zero-order valence-electron chi connectivity index (χ0n) is 28.6. The van der Waals surface area contributed by atoms with Crippen molar-refractivity contribution in [3.8, 4) is 5.75 Å². The molecule has 1 saturated carbocycles. The molecule has 0 aromatic heterocycles. The Morgan fingerprint density at radius 1 is 1.02 bits per heavy atom. The largest absolute Gasteiger partial charge is 0.497 e. The number of ether oxygens (including phenoxy) is 1. The standard InChI is InChI=1S/C33H45N3O3.C5H11NO/c1-33(25-9-4-3-5-10-25)18-20-36(21-19-33)32(38)29(22-23-12-15-26(39-2)16-13-23)35-31(37)28-17-14-24-8-6-7-11-27(24)30(28)34;1-5(2,3)6-4-7/h6-8,11-13,15-16,25,28-30H,3-5,9-10,14,17-22,34H2,1-2H3,(H,35,37);4H,1-3H3,(H,6,7). The van der Waals surface area contributed by atoms with E-state index in [2.05, 4.69) is 23.6 Å². The molecule has 0 bridgehead atoms. The summed E-state index contributed by atoms with van der Waals surface area (Å²) >= 11 is 0. The second-order valence-corrected chi connectivity index (χ2v) is 14.8. The van der Waals surface area contributed by atoms with Crippen molar-refractivity contribution >= 4 is 18.2 Å². The topological polar surface area (TPSA) is 114 Å². The third-order valence-electron chi connectivity index (χ3n) is 10.4. The van der Waals surface area contributed by atoms with Crippen molar-refractivity contribution in [2.45, 2.75) is 110 Å². The van der Waals surface area contributed by atoms with Crippen molar-refractivity contribution in [3.63, 3.8) is 0 Å². The van der Waals surface area contributed by atoms with Gasteiger partial charge in [0.15, 0.2) is 0 Å². The van der Waals surface area contributed by atoms with Gasteiger partial charge < -0.3 is 26.0 Å². The molecule has 8 nitrogen and oxygen atoms in total. The molecule has 1 heterocycles. The molecule has 252 valence electrons. The number of carbonyl (C=O) groups excluding carboxylic acids is 3. The fourth-order valence-electron chi connectivity index (χ4n) is 7.41. The molecule has 46 heavy (non-hydrogen) atoms. The van der Waals surface area contributed by atoms with Crippen LogP contribution in [0.3, 0.4) is 0 Å². The molecular formula is C38H56N4O4. The van der Waals surface area contributed by atoms with Gasteiger partial charge in [-0.3, -0.25) is 14.4 Å². The van der Waals surface area contributed by atoms with Crippen LogP contribution in [0.2, 0.25) is 0 Å². The van der Waals surface area contributed by atoms with Crippen molar-refractivity contribution in [1.82, 2.24) is 15.5 Å². The van der Waals surface area contributed by atoms with Gasteiger partial charge in [0.1, 0.15) is 11.8 Å². The Kier molecular flexibility index (Phi) is 12.3. The first-order valence-electron chi connectivity index (χ1n) is 17.2. The highest BCUT2D eigenvalue weighted by Gasteiger charge is 2.40. The van der Waals surface area contributed by atoms with Crippen LogP contribution >= 0.6 is 0 Å². The molecule has 3 unspecified atom stereocenters. The summed E-state index contributed by atoms with van der Waals surface area (Å²) in [6.07, 6.45) is 11.4. The number of piperidine rings is 1. The van der Waals surface area contributed by atoms with E-state index in [0.717, 1.165) is 55.1 Å². The maximum absolute atomic E-state index is 14.0. The van der Waals surface area contributed by atoms with E-state index < -0.39 is 6.04 Å². The first-order valence-corrected chi connectivity index (χ1v) is 17.2. The highest BCUT2D eigenvalue weighted by molar-refractivity contribution is 5.89. The fraction of sp³-hybridized carbons (Fsp3) is 0.605. The zero-order valence-corrected chi connectivity index (χ0v) is 28.6. The van der Waals surface area contributed by atoms with Crippen LogP contribution < -0.4 is 21.1 Å². The summed E-state index contributed by atoms with van der Waals surface area (Å²) < 4.78 is 5.31. The maximum atomic E-state index is 14.0. The second kappa shape index (κ2) is 15.9. The molecule has 3 aliphatic rings. The number of carbonyl (C=O) groups is 3. The summed E-state index contributed by atoms with van der Waals surface area (Å²) in [6, 6.07) is 14.9. The smallest absolute Gasteiger partial charge is 0.245 e. The number of benzene rings is 2. The van der Waals surface area contributed by atoms with Gasteiger partial charge in [0.05, 0.1) is 13.0 Å². The number of amides is 3. The molecule has 2 aromatic rings. The number of likely N-dealkylation sites (tertiary alicyclic amines) is 1. The molecule has 0 spiro atoms. The average Bonchev–Trinajstić information content (AvgIpc) is 3.05. The number of nitrogens with one attached hydrogen (secondary N) is 2. The third-order valence-corrected chi connectivity index (χ3v) is 10.4. The summed E-state index contributed by atoms with van der Waals surface area (Å²) in [4.78, 5) is 39.3. The van der Waals surface area contributed by atoms with Gasteiger partial charge in [-0.05, 0) is 99.5 Å². The molecule has 5 rings (SSSR count). The highest BCUT2D eigenvalue weighted by atomic mass is 16.5. The van der Waals surface area contributed by atoms with E-state index in [1.54, 1.807) is 7.11 Å². The molecule has 3 amide bonds. The van der Waals surface area contributed by atoms with E-state index in [1.807, 2.05) is 68.1 Å². The van der Waals surface area contributed by atoms with Crippen LogP contribution in [-0.2, 0) is 27.2 Å². The van der Waals surface area contributed by atoms with Crippen molar-refractivity contribution in [1.29, 1.82) is 0 Å². The van der Waals surface area contributed by atoms with Crippen LogP contribution in [0.15, 0.2) is 48.5 Å². The summed E-state index contributed by atoms with van der Waals surface area (Å²) in [5.41, 5.74) is 10.1. The number of hydrogen-bond acceptors (Lipinski definition) is 5. The molecule has 2 aromatic carbocycles. The average molecular weight is 633 g/mol. The molecule has 2 aliphatic carbocycles. The van der Waals surface area contributed by atoms with E-state index >= 15 is 0 Å².